The first-order valence-electron chi connectivity index (χ1n) is 33.7. The Labute approximate surface area is 500 Å². The Kier molecular flexibility index (Phi) is 64.3. The summed E-state index contributed by atoms with van der Waals surface area (Å²) in [6.07, 6.45) is 95.9. The summed E-state index contributed by atoms with van der Waals surface area (Å²) in [4.78, 5) is 38.4. The first kappa shape index (κ1) is 76.5. The summed E-state index contributed by atoms with van der Waals surface area (Å²) in [6.45, 7) is 6.48. The molecule has 0 aromatic heterocycles. The SMILES string of the molecule is CC/C=C\C/C=C\C/C=C\C/C=C\C/C=C\C/C=C\C/C=C\CCCCCCCC(=O)OCC(COC(=O)CCCCCCCCC/C=C\CCCCCCCC)OC(=O)CCCCCCCC/C=C\C/C=C\C/C=C\CCCCC. The van der Waals surface area contributed by atoms with Crippen LogP contribution >= 0.6 is 0 Å². The van der Waals surface area contributed by atoms with Gasteiger partial charge in [-0.2, -0.15) is 0 Å². The average Bonchev–Trinajstić information content (AvgIpc) is 3.47. The van der Waals surface area contributed by atoms with Crippen LogP contribution in [0, 0.1) is 0 Å². The summed E-state index contributed by atoms with van der Waals surface area (Å²) in [5, 5.41) is 0. The molecule has 0 N–H and O–H groups in total. The van der Waals surface area contributed by atoms with Gasteiger partial charge in [0.2, 0.25) is 0 Å². The van der Waals surface area contributed by atoms with E-state index in [9.17, 15) is 14.4 Å². The quantitative estimate of drug-likeness (QED) is 0.0261. The Bertz CT molecular complexity index is 1720. The van der Waals surface area contributed by atoms with Gasteiger partial charge in [0.05, 0.1) is 0 Å². The summed E-state index contributed by atoms with van der Waals surface area (Å²) < 4.78 is 16.9. The minimum Gasteiger partial charge on any atom is -0.462 e. The van der Waals surface area contributed by atoms with Crippen LogP contribution in [0.4, 0.5) is 0 Å². The molecule has 0 bridgehead atoms. The van der Waals surface area contributed by atoms with Gasteiger partial charge in [-0.05, 0) is 141 Å². The van der Waals surface area contributed by atoms with Gasteiger partial charge in [-0.25, -0.2) is 0 Å². The molecule has 6 nitrogen and oxygen atoms in total. The van der Waals surface area contributed by atoms with Crippen LogP contribution in [0.25, 0.3) is 0 Å². The van der Waals surface area contributed by atoms with Gasteiger partial charge in [0.15, 0.2) is 6.10 Å². The van der Waals surface area contributed by atoms with E-state index in [2.05, 4.69) is 154 Å². The molecule has 0 aromatic carbocycles. The molecule has 6 heteroatoms. The lowest BCUT2D eigenvalue weighted by Crippen LogP contribution is -2.30. The van der Waals surface area contributed by atoms with Crippen molar-refractivity contribution in [3.63, 3.8) is 0 Å². The second-order valence-electron chi connectivity index (χ2n) is 22.0. The highest BCUT2D eigenvalue weighted by Gasteiger charge is 2.19. The fourth-order valence-corrected chi connectivity index (χ4v) is 9.07. The van der Waals surface area contributed by atoms with E-state index in [-0.39, 0.29) is 31.1 Å². The van der Waals surface area contributed by atoms with E-state index in [1.807, 2.05) is 0 Å². The zero-order chi connectivity index (χ0) is 58.5. The first-order chi connectivity index (χ1) is 40.0. The number of allylic oxidation sites excluding steroid dienone is 22. The summed E-state index contributed by atoms with van der Waals surface area (Å²) in [7, 11) is 0. The molecule has 0 heterocycles. The van der Waals surface area contributed by atoms with Crippen molar-refractivity contribution in [2.45, 2.75) is 309 Å². The lowest BCUT2D eigenvalue weighted by molar-refractivity contribution is -0.167. The van der Waals surface area contributed by atoms with Gasteiger partial charge in [0, 0.05) is 19.3 Å². The molecule has 0 spiro atoms. The number of hydrogen-bond donors (Lipinski definition) is 0. The van der Waals surface area contributed by atoms with Gasteiger partial charge in [-0.15, -0.1) is 0 Å². The summed E-state index contributed by atoms with van der Waals surface area (Å²) >= 11 is 0. The zero-order valence-electron chi connectivity index (χ0n) is 52.8. The lowest BCUT2D eigenvalue weighted by atomic mass is 10.1. The molecule has 0 aliphatic rings. The molecular formula is C75H124O6. The molecule has 0 amide bonds. The Morgan fingerprint density at radius 1 is 0.259 bits per heavy atom. The smallest absolute Gasteiger partial charge is 0.306 e. The highest BCUT2D eigenvalue weighted by molar-refractivity contribution is 5.71. The predicted octanol–water partition coefficient (Wildman–Crippen LogP) is 23.3. The van der Waals surface area contributed by atoms with Crippen molar-refractivity contribution in [1.82, 2.24) is 0 Å². The molecule has 0 rings (SSSR count). The third-order valence-electron chi connectivity index (χ3n) is 14.1. The Hall–Kier alpha value is -4.45. The molecule has 0 aliphatic carbocycles. The minimum absolute atomic E-state index is 0.0949. The van der Waals surface area contributed by atoms with Gasteiger partial charge >= 0.3 is 17.9 Å². The fraction of sp³-hybridized carbons (Fsp3) is 0.667. The zero-order valence-corrected chi connectivity index (χ0v) is 52.8. The Morgan fingerprint density at radius 2 is 0.481 bits per heavy atom. The second-order valence-corrected chi connectivity index (χ2v) is 22.0. The average molecular weight is 1120 g/mol. The lowest BCUT2D eigenvalue weighted by Gasteiger charge is -2.18. The van der Waals surface area contributed by atoms with Crippen molar-refractivity contribution >= 4 is 17.9 Å². The van der Waals surface area contributed by atoms with Crippen molar-refractivity contribution in [2.75, 3.05) is 13.2 Å². The molecule has 0 saturated heterocycles. The van der Waals surface area contributed by atoms with Crippen molar-refractivity contribution in [3.05, 3.63) is 134 Å². The van der Waals surface area contributed by atoms with Gasteiger partial charge in [0.25, 0.3) is 0 Å². The van der Waals surface area contributed by atoms with Crippen LogP contribution in [0.5, 0.6) is 0 Å². The number of unbranched alkanes of at least 4 members (excludes halogenated alkanes) is 27. The number of hydrogen-bond acceptors (Lipinski definition) is 6. The van der Waals surface area contributed by atoms with Gasteiger partial charge in [-0.1, -0.05) is 276 Å². The van der Waals surface area contributed by atoms with Gasteiger partial charge < -0.3 is 14.2 Å². The van der Waals surface area contributed by atoms with E-state index in [0.717, 1.165) is 148 Å². The number of ether oxygens (including phenoxy) is 3. The maximum atomic E-state index is 12.9. The van der Waals surface area contributed by atoms with E-state index in [0.29, 0.717) is 19.3 Å². The topological polar surface area (TPSA) is 78.9 Å². The van der Waals surface area contributed by atoms with E-state index < -0.39 is 6.10 Å². The van der Waals surface area contributed by atoms with E-state index in [4.69, 9.17) is 14.2 Å². The molecule has 81 heavy (non-hydrogen) atoms. The fourth-order valence-electron chi connectivity index (χ4n) is 9.07. The van der Waals surface area contributed by atoms with Crippen molar-refractivity contribution in [3.8, 4) is 0 Å². The molecule has 1 atom stereocenters. The molecule has 0 saturated carbocycles. The molecular weight excluding hydrogens is 997 g/mol. The minimum atomic E-state index is -0.802. The van der Waals surface area contributed by atoms with Gasteiger partial charge in [-0.3, -0.25) is 14.4 Å². The number of carbonyl (C=O) groups excluding carboxylic acids is 3. The molecule has 460 valence electrons. The highest BCUT2D eigenvalue weighted by atomic mass is 16.6. The molecule has 0 aliphatic heterocycles. The maximum Gasteiger partial charge on any atom is 0.306 e. The monoisotopic (exact) mass is 1120 g/mol. The van der Waals surface area contributed by atoms with Crippen molar-refractivity contribution in [1.29, 1.82) is 0 Å². The van der Waals surface area contributed by atoms with Crippen LogP contribution in [0.3, 0.4) is 0 Å². The summed E-state index contributed by atoms with van der Waals surface area (Å²) in [5.41, 5.74) is 0. The highest BCUT2D eigenvalue weighted by Crippen LogP contribution is 2.15. The second kappa shape index (κ2) is 68.1. The van der Waals surface area contributed by atoms with E-state index in [1.54, 1.807) is 0 Å². The molecule has 1 unspecified atom stereocenters. The Morgan fingerprint density at radius 3 is 0.790 bits per heavy atom. The third kappa shape index (κ3) is 66.2. The number of rotatable bonds is 60. The standard InChI is InChI=1S/C75H124O6/c1-4-7-10-13-16-19-22-25-28-31-33-34-35-36-37-38-39-40-42-44-47-50-53-56-59-62-65-68-74(77)80-71-72(70-79-73(76)67-64-61-58-55-52-49-46-43-30-27-24-21-18-15-12-9-6-3)81-75(78)69-66-63-60-57-54-51-48-45-41-32-29-26-23-20-17-14-11-8-5-2/h7,10,16-17,19-20,25-30,33-34,36-37,39-41,44-45,47,72H,4-6,8-9,11-15,18,21-24,31-32,35,38,42-43,46,48-71H2,1-3H3/b10-7-,19-16-,20-17-,28-25-,29-26-,30-27-,34-33-,37-36-,40-39-,45-41-,47-44-. The van der Waals surface area contributed by atoms with Crippen LogP contribution in [0.15, 0.2) is 134 Å². The first-order valence-corrected chi connectivity index (χ1v) is 33.7. The summed E-state index contributed by atoms with van der Waals surface area (Å²) in [5.74, 6) is -0.926. The largest absolute Gasteiger partial charge is 0.462 e. The van der Waals surface area contributed by atoms with Crippen molar-refractivity contribution in [2.24, 2.45) is 0 Å². The maximum absolute atomic E-state index is 12.9. The van der Waals surface area contributed by atoms with Crippen LogP contribution in [-0.2, 0) is 28.6 Å². The predicted molar refractivity (Wildman–Crippen MR) is 353 cm³/mol. The Balaban J connectivity index is 4.45. The normalized spacial score (nSPS) is 13.0. The third-order valence-corrected chi connectivity index (χ3v) is 14.1. The van der Waals surface area contributed by atoms with Crippen LogP contribution in [-0.4, -0.2) is 37.2 Å². The molecule has 0 radical (unpaired) electrons. The summed E-state index contributed by atoms with van der Waals surface area (Å²) in [6, 6.07) is 0. The van der Waals surface area contributed by atoms with E-state index in [1.165, 1.54) is 116 Å². The van der Waals surface area contributed by atoms with Crippen LogP contribution in [0.1, 0.15) is 303 Å². The van der Waals surface area contributed by atoms with Crippen LogP contribution < -0.4 is 0 Å². The van der Waals surface area contributed by atoms with Crippen molar-refractivity contribution < 1.29 is 28.6 Å². The van der Waals surface area contributed by atoms with Gasteiger partial charge in [0.1, 0.15) is 13.2 Å². The number of esters is 3. The molecule has 0 fully saturated rings. The molecule has 0 aromatic rings. The number of carbonyl (C=O) groups is 3. The van der Waals surface area contributed by atoms with Crippen LogP contribution in [0.2, 0.25) is 0 Å². The van der Waals surface area contributed by atoms with E-state index >= 15 is 0 Å².